The number of benzene rings is 1. The minimum absolute atomic E-state index is 0. The van der Waals surface area contributed by atoms with Crippen LogP contribution < -0.4 is 5.32 Å². The van der Waals surface area contributed by atoms with E-state index in [1.54, 1.807) is 0 Å². The Kier molecular flexibility index (Phi) is 8.11. The molecule has 2 saturated heterocycles. The molecule has 2 heterocycles. The van der Waals surface area contributed by atoms with E-state index in [2.05, 4.69) is 54.4 Å². The van der Waals surface area contributed by atoms with Crippen LogP contribution in [0, 0.1) is 11.8 Å². The predicted molar refractivity (Wildman–Crippen MR) is 109 cm³/mol. The van der Waals surface area contributed by atoms with Crippen molar-refractivity contribution >= 4 is 30.1 Å². The largest absolute Gasteiger partial charge is 0.334 e. The maximum Gasteiger partial charge on any atom is 0.223 e. The molecular weight excluding hydrogens is 352 g/mol. The Hall–Kier alpha value is -0.710. The van der Waals surface area contributed by atoms with Crippen LogP contribution in [-0.2, 0) is 4.79 Å². The normalized spacial score (nSPS) is 28.1. The van der Waals surface area contributed by atoms with Crippen molar-refractivity contribution in [1.82, 2.24) is 10.2 Å². The lowest BCUT2D eigenvalue weighted by Gasteiger charge is -2.41. The number of rotatable bonds is 4. The number of nitrogens with one attached hydrogen (secondary N) is 1. The van der Waals surface area contributed by atoms with E-state index in [1.807, 2.05) is 11.8 Å². The maximum atomic E-state index is 13.1. The second kappa shape index (κ2) is 9.84. The first kappa shape index (κ1) is 20.6. The van der Waals surface area contributed by atoms with Gasteiger partial charge in [-0.3, -0.25) is 4.79 Å². The molecule has 0 radical (unpaired) electrons. The average Bonchev–Trinajstić information content (AvgIpc) is 2.63. The lowest BCUT2D eigenvalue weighted by molar-refractivity contribution is -0.135. The lowest BCUT2D eigenvalue weighted by Crippen LogP contribution is -2.45. The molecule has 0 spiro atoms. The molecule has 5 heteroatoms. The monoisotopic (exact) mass is 382 g/mol. The number of hydrogen-bond acceptors (Lipinski definition) is 3. The van der Waals surface area contributed by atoms with Gasteiger partial charge in [-0.15, -0.1) is 12.4 Å². The minimum atomic E-state index is 0. The lowest BCUT2D eigenvalue weighted by atomic mass is 9.85. The highest BCUT2D eigenvalue weighted by molar-refractivity contribution is 8.00. The van der Waals surface area contributed by atoms with Crippen LogP contribution in [0.25, 0.3) is 0 Å². The molecule has 2 aliphatic rings. The fraction of sp³-hybridized carbons (Fsp3) is 0.650. The molecule has 1 aromatic carbocycles. The van der Waals surface area contributed by atoms with Crippen LogP contribution >= 0.6 is 24.2 Å². The second-order valence-corrected chi connectivity index (χ2v) is 8.79. The standard InChI is InChI=1S/C20H30N2OS.ClH/c1-15(18-9-6-10-21-14-18)13-19(23)22-11-12-24-16(2)20(22)17-7-4-3-5-8-17;/h3-5,7-8,15-16,18,20-21H,6,9-14H2,1-2H3;1H. The van der Waals surface area contributed by atoms with Gasteiger partial charge in [0.2, 0.25) is 5.91 Å². The molecule has 4 atom stereocenters. The number of amides is 1. The molecule has 0 bridgehead atoms. The molecule has 0 aliphatic carbocycles. The first-order valence-electron chi connectivity index (χ1n) is 9.33. The highest BCUT2D eigenvalue weighted by Crippen LogP contribution is 2.37. The average molecular weight is 383 g/mol. The Labute approximate surface area is 162 Å². The van der Waals surface area contributed by atoms with Crippen LogP contribution in [0.4, 0.5) is 0 Å². The molecular formula is C20H31ClN2OS. The van der Waals surface area contributed by atoms with E-state index in [4.69, 9.17) is 0 Å². The van der Waals surface area contributed by atoms with Gasteiger partial charge >= 0.3 is 0 Å². The van der Waals surface area contributed by atoms with E-state index in [1.165, 1.54) is 18.4 Å². The van der Waals surface area contributed by atoms with E-state index < -0.39 is 0 Å². The summed E-state index contributed by atoms with van der Waals surface area (Å²) in [6.45, 7) is 7.60. The zero-order valence-corrected chi connectivity index (χ0v) is 17.0. The van der Waals surface area contributed by atoms with Crippen molar-refractivity contribution in [3.05, 3.63) is 35.9 Å². The van der Waals surface area contributed by atoms with E-state index in [0.29, 0.717) is 29.4 Å². The van der Waals surface area contributed by atoms with Gasteiger partial charge in [0.05, 0.1) is 6.04 Å². The summed E-state index contributed by atoms with van der Waals surface area (Å²) in [5, 5.41) is 3.94. The Bertz CT molecular complexity index is 536. The SMILES string of the molecule is CC(CC(=O)N1CCSC(C)C1c1ccccc1)C1CCCNC1.Cl. The number of hydrogen-bond donors (Lipinski definition) is 1. The Morgan fingerprint density at radius 1 is 1.36 bits per heavy atom. The minimum Gasteiger partial charge on any atom is -0.334 e. The summed E-state index contributed by atoms with van der Waals surface area (Å²) in [7, 11) is 0. The number of piperidine rings is 1. The van der Waals surface area contributed by atoms with E-state index in [0.717, 1.165) is 25.4 Å². The van der Waals surface area contributed by atoms with Gasteiger partial charge in [0.25, 0.3) is 0 Å². The first-order valence-corrected chi connectivity index (χ1v) is 10.4. The van der Waals surface area contributed by atoms with E-state index in [-0.39, 0.29) is 18.4 Å². The summed E-state index contributed by atoms with van der Waals surface area (Å²) in [5.74, 6) is 2.51. The highest BCUT2D eigenvalue weighted by atomic mass is 35.5. The van der Waals surface area contributed by atoms with Crippen molar-refractivity contribution < 1.29 is 4.79 Å². The van der Waals surface area contributed by atoms with Crippen LogP contribution in [0.5, 0.6) is 0 Å². The number of halogens is 1. The van der Waals surface area contributed by atoms with Gasteiger partial charge in [0.1, 0.15) is 0 Å². The third-order valence-electron chi connectivity index (χ3n) is 5.59. The van der Waals surface area contributed by atoms with Gasteiger partial charge in [0.15, 0.2) is 0 Å². The van der Waals surface area contributed by atoms with Gasteiger partial charge in [-0.2, -0.15) is 11.8 Å². The van der Waals surface area contributed by atoms with E-state index >= 15 is 0 Å². The fourth-order valence-electron chi connectivity index (χ4n) is 4.13. The Morgan fingerprint density at radius 2 is 2.12 bits per heavy atom. The molecule has 25 heavy (non-hydrogen) atoms. The fourth-order valence-corrected chi connectivity index (χ4v) is 5.29. The zero-order chi connectivity index (χ0) is 16.9. The van der Waals surface area contributed by atoms with Crippen molar-refractivity contribution in [2.75, 3.05) is 25.4 Å². The van der Waals surface area contributed by atoms with Crippen molar-refractivity contribution in [3.63, 3.8) is 0 Å². The summed E-state index contributed by atoms with van der Waals surface area (Å²) in [6.07, 6.45) is 3.19. The molecule has 2 fully saturated rings. The molecule has 2 aliphatic heterocycles. The molecule has 1 aromatic rings. The number of nitrogens with zero attached hydrogens (tertiary/aromatic N) is 1. The Morgan fingerprint density at radius 3 is 2.80 bits per heavy atom. The molecule has 140 valence electrons. The molecule has 3 rings (SSSR count). The van der Waals surface area contributed by atoms with Gasteiger partial charge in [-0.1, -0.05) is 44.2 Å². The van der Waals surface area contributed by atoms with Crippen LogP contribution in [0.15, 0.2) is 30.3 Å². The number of thioether (sulfide) groups is 1. The molecule has 3 nitrogen and oxygen atoms in total. The van der Waals surface area contributed by atoms with Gasteiger partial charge < -0.3 is 10.2 Å². The second-order valence-electron chi connectivity index (χ2n) is 7.31. The molecule has 1 amide bonds. The number of carbonyl (C=O) groups excluding carboxylic acids is 1. The van der Waals surface area contributed by atoms with Gasteiger partial charge in [-0.05, 0) is 43.3 Å². The maximum absolute atomic E-state index is 13.1. The van der Waals surface area contributed by atoms with Crippen molar-refractivity contribution in [2.45, 2.75) is 44.4 Å². The van der Waals surface area contributed by atoms with Gasteiger partial charge in [0, 0.05) is 24.0 Å². The summed E-state index contributed by atoms with van der Waals surface area (Å²) in [4.78, 5) is 15.2. The topological polar surface area (TPSA) is 32.3 Å². The van der Waals surface area contributed by atoms with Crippen molar-refractivity contribution in [2.24, 2.45) is 11.8 Å². The highest BCUT2D eigenvalue weighted by Gasteiger charge is 2.34. The van der Waals surface area contributed by atoms with Crippen LogP contribution in [0.3, 0.4) is 0 Å². The van der Waals surface area contributed by atoms with Crippen LogP contribution in [-0.4, -0.2) is 41.4 Å². The quantitative estimate of drug-likeness (QED) is 0.849. The summed E-state index contributed by atoms with van der Waals surface area (Å²) in [6, 6.07) is 10.8. The van der Waals surface area contributed by atoms with Crippen molar-refractivity contribution in [3.8, 4) is 0 Å². The summed E-state index contributed by atoms with van der Waals surface area (Å²) in [5.41, 5.74) is 1.28. The molecule has 0 aromatic heterocycles. The first-order chi connectivity index (χ1) is 11.7. The predicted octanol–water partition coefficient (Wildman–Crippen LogP) is 4.14. The third-order valence-corrected chi connectivity index (χ3v) is 6.79. The smallest absolute Gasteiger partial charge is 0.223 e. The van der Waals surface area contributed by atoms with E-state index in [9.17, 15) is 4.79 Å². The van der Waals surface area contributed by atoms with Crippen molar-refractivity contribution in [1.29, 1.82) is 0 Å². The zero-order valence-electron chi connectivity index (χ0n) is 15.3. The van der Waals surface area contributed by atoms with Gasteiger partial charge in [-0.25, -0.2) is 0 Å². The van der Waals surface area contributed by atoms with Crippen LogP contribution in [0.2, 0.25) is 0 Å². The summed E-state index contributed by atoms with van der Waals surface area (Å²) < 4.78 is 0. The molecule has 1 N–H and O–H groups in total. The Balaban J connectivity index is 0.00000225. The third kappa shape index (κ3) is 5.15. The summed E-state index contributed by atoms with van der Waals surface area (Å²) >= 11 is 1.99. The number of carbonyl (C=O) groups is 1. The van der Waals surface area contributed by atoms with Crippen LogP contribution in [0.1, 0.15) is 44.7 Å². The molecule has 0 saturated carbocycles. The molecule has 4 unspecified atom stereocenters.